The van der Waals surface area contributed by atoms with Crippen molar-refractivity contribution in [2.45, 2.75) is 65.0 Å². The average Bonchev–Trinajstić information content (AvgIpc) is 3.61. The van der Waals surface area contributed by atoms with Crippen LogP contribution in [0.1, 0.15) is 31.4 Å². The van der Waals surface area contributed by atoms with Crippen LogP contribution in [0, 0.1) is 14.9 Å². The van der Waals surface area contributed by atoms with Crippen molar-refractivity contribution in [2.75, 3.05) is 0 Å². The van der Waals surface area contributed by atoms with E-state index in [9.17, 15) is 0 Å². The van der Waals surface area contributed by atoms with Crippen LogP contribution in [0.15, 0.2) is 109 Å². The Balaban J connectivity index is 0.00000184. The summed E-state index contributed by atoms with van der Waals surface area (Å²) < 4.78 is 0. The molecule has 6 aromatic carbocycles. The molecule has 0 spiro atoms. The zero-order valence-electron chi connectivity index (χ0n) is 29.1. The van der Waals surface area contributed by atoms with Gasteiger partial charge in [-0.15, -0.1) is 69.1 Å². The van der Waals surface area contributed by atoms with Crippen molar-refractivity contribution < 1.29 is 25.8 Å². The molecule has 0 aliphatic heterocycles. The zero-order valence-corrected chi connectivity index (χ0v) is 34.7. The summed E-state index contributed by atoms with van der Waals surface area (Å²) in [6.45, 7) is 19.3. The molecule has 0 atom stereocenters. The Kier molecular flexibility index (Phi) is 11.2. The third-order valence-electron chi connectivity index (χ3n) is 9.61. The maximum Gasteiger partial charge on any atom is 4.00 e. The van der Waals surface area contributed by atoms with E-state index >= 15 is 0 Å². The molecule has 6 rings (SSSR count). The Bertz CT molecular complexity index is 1740. The summed E-state index contributed by atoms with van der Waals surface area (Å²) in [5, 5.41) is 8.38. The fourth-order valence-corrected chi connectivity index (χ4v) is 8.82. The van der Waals surface area contributed by atoms with E-state index in [0.29, 0.717) is 0 Å². The Morgan fingerprint density at radius 2 is 0.911 bits per heavy atom. The van der Waals surface area contributed by atoms with Crippen LogP contribution in [-0.2, 0) is 31.3 Å². The summed E-state index contributed by atoms with van der Waals surface area (Å²) in [4.78, 5) is 0. The Morgan fingerprint density at radius 1 is 0.556 bits per heavy atom. The molecule has 0 radical (unpaired) electrons. The number of hydrogen-bond donors (Lipinski definition) is 0. The van der Waals surface area contributed by atoms with Gasteiger partial charge in [-0.1, -0.05) is 135 Å². The summed E-state index contributed by atoms with van der Waals surface area (Å²) in [6, 6.07) is 42.1. The van der Waals surface area contributed by atoms with Crippen LogP contribution in [0.25, 0.3) is 43.8 Å². The standard InChI is InChI=1S/C40H44Si2.2CH3.Hf/c1-9-40(2,32-24-30-12-10-14-36(38(30)26-32)28-16-20-34(21-17-28)41(3,4)5)33-25-31-13-11-15-37(39(31)27-33)29-18-22-35(23-19-29)42(6,7)8;;;/h10-27H,9H2,1-8H3;2*1H3;/q-2;2*-1;+4. The molecule has 6 aromatic rings. The minimum Gasteiger partial charge on any atom is -0.358 e. The molecule has 0 N–H and O–H groups in total. The summed E-state index contributed by atoms with van der Waals surface area (Å²) in [7, 11) is -2.65. The molecular formula is C42H50HfSi2. The van der Waals surface area contributed by atoms with Crippen molar-refractivity contribution in [3.05, 3.63) is 135 Å². The van der Waals surface area contributed by atoms with Crippen LogP contribution < -0.4 is 10.4 Å². The minimum absolute atomic E-state index is 0. The fourth-order valence-electron chi connectivity index (χ4n) is 6.48. The fraction of sp³-hybridized carbons (Fsp3) is 0.238. The van der Waals surface area contributed by atoms with Gasteiger partial charge in [0.25, 0.3) is 0 Å². The first-order valence-electron chi connectivity index (χ1n) is 15.5. The molecule has 45 heavy (non-hydrogen) atoms. The van der Waals surface area contributed by atoms with Crippen molar-refractivity contribution >= 4 is 48.1 Å². The SMILES string of the molecule is CCC(C)(c1cc2c(-c3ccc([Si](C)(C)C)cc3)cccc2[cH-]1)c1cc2c(-c3ccc([Si](C)(C)C)cc3)cccc2[cH-]1.[CH3-].[CH3-].[Hf+4]. The van der Waals surface area contributed by atoms with Crippen molar-refractivity contribution in [3.63, 3.8) is 0 Å². The van der Waals surface area contributed by atoms with Gasteiger partial charge in [0.15, 0.2) is 0 Å². The van der Waals surface area contributed by atoms with Crippen LogP contribution >= 0.6 is 0 Å². The van der Waals surface area contributed by atoms with Gasteiger partial charge in [-0.2, -0.15) is 12.1 Å². The minimum atomic E-state index is -1.32. The number of rotatable bonds is 7. The molecule has 230 valence electrons. The Labute approximate surface area is 294 Å². The van der Waals surface area contributed by atoms with Gasteiger partial charge in [0.05, 0.1) is 16.1 Å². The molecule has 0 saturated carbocycles. The van der Waals surface area contributed by atoms with Gasteiger partial charge in [0, 0.05) is 0 Å². The summed E-state index contributed by atoms with van der Waals surface area (Å²) in [5.74, 6) is 0. The van der Waals surface area contributed by atoms with Crippen molar-refractivity contribution in [2.24, 2.45) is 0 Å². The smallest absolute Gasteiger partial charge is 0.358 e. The second-order valence-electron chi connectivity index (χ2n) is 14.4. The predicted molar refractivity (Wildman–Crippen MR) is 205 cm³/mol. The van der Waals surface area contributed by atoms with E-state index < -0.39 is 16.1 Å². The molecule has 0 fully saturated rings. The van der Waals surface area contributed by atoms with Crippen molar-refractivity contribution in [3.8, 4) is 22.3 Å². The van der Waals surface area contributed by atoms with E-state index in [1.807, 2.05) is 0 Å². The third-order valence-corrected chi connectivity index (χ3v) is 13.7. The van der Waals surface area contributed by atoms with E-state index in [0.717, 1.165) is 6.42 Å². The number of hydrogen-bond acceptors (Lipinski definition) is 0. The molecule has 0 aromatic heterocycles. The van der Waals surface area contributed by atoms with Crippen LogP contribution in [-0.4, -0.2) is 16.1 Å². The van der Waals surface area contributed by atoms with Gasteiger partial charge >= 0.3 is 25.8 Å². The van der Waals surface area contributed by atoms with Gasteiger partial charge in [-0.25, -0.2) is 0 Å². The van der Waals surface area contributed by atoms with E-state index in [4.69, 9.17) is 0 Å². The van der Waals surface area contributed by atoms with Crippen LogP contribution in [0.3, 0.4) is 0 Å². The summed E-state index contributed by atoms with van der Waals surface area (Å²) >= 11 is 0. The van der Waals surface area contributed by atoms with Gasteiger partial charge < -0.3 is 14.9 Å². The molecule has 0 heterocycles. The molecule has 0 unspecified atom stereocenters. The third kappa shape index (κ3) is 6.92. The summed E-state index contributed by atoms with van der Waals surface area (Å²) in [5.41, 5.74) is 8.01. The van der Waals surface area contributed by atoms with Crippen molar-refractivity contribution in [1.29, 1.82) is 0 Å². The summed E-state index contributed by atoms with van der Waals surface area (Å²) in [6.07, 6.45) is 1.04. The maximum absolute atomic E-state index is 2.47. The van der Waals surface area contributed by atoms with Crippen molar-refractivity contribution in [1.82, 2.24) is 0 Å². The van der Waals surface area contributed by atoms with Gasteiger partial charge in [-0.05, 0) is 23.0 Å². The van der Waals surface area contributed by atoms with Crippen LogP contribution in [0.5, 0.6) is 0 Å². The first-order valence-corrected chi connectivity index (χ1v) is 22.5. The van der Waals surface area contributed by atoms with Gasteiger partial charge in [0.2, 0.25) is 0 Å². The molecule has 0 saturated heterocycles. The number of benzene rings is 4. The second kappa shape index (κ2) is 13.6. The maximum atomic E-state index is 2.47. The average molecular weight is 790 g/mol. The first kappa shape index (κ1) is 36.9. The second-order valence-corrected chi connectivity index (χ2v) is 24.6. The Hall–Kier alpha value is -2.60. The van der Waals surface area contributed by atoms with E-state index in [1.54, 1.807) is 0 Å². The first-order chi connectivity index (χ1) is 19.9. The van der Waals surface area contributed by atoms with Gasteiger partial charge in [0.1, 0.15) is 0 Å². The zero-order chi connectivity index (χ0) is 29.9. The molecule has 0 aliphatic rings. The molecule has 0 bridgehead atoms. The van der Waals surface area contributed by atoms with Crippen LogP contribution in [0.4, 0.5) is 0 Å². The molecule has 0 amide bonds. The normalized spacial score (nSPS) is 12.0. The number of fused-ring (bicyclic) bond motifs is 2. The predicted octanol–water partition coefficient (Wildman–Crippen LogP) is 11.5. The van der Waals surface area contributed by atoms with E-state index in [-0.39, 0.29) is 46.1 Å². The monoisotopic (exact) mass is 790 g/mol. The molecule has 0 aliphatic carbocycles. The topological polar surface area (TPSA) is 0 Å². The molecule has 3 heteroatoms. The van der Waals surface area contributed by atoms with E-state index in [1.165, 1.54) is 65.3 Å². The molecular weight excluding hydrogens is 739 g/mol. The Morgan fingerprint density at radius 3 is 1.22 bits per heavy atom. The quantitative estimate of drug-likeness (QED) is 0.112. The largest absolute Gasteiger partial charge is 4.00 e. The van der Waals surface area contributed by atoms with Gasteiger partial charge in [-0.3, -0.25) is 0 Å². The molecule has 0 nitrogen and oxygen atoms in total. The van der Waals surface area contributed by atoms with Crippen LogP contribution in [0.2, 0.25) is 39.3 Å². The van der Waals surface area contributed by atoms with E-state index in [2.05, 4.69) is 162 Å².